The van der Waals surface area contributed by atoms with Crippen LogP contribution in [0.15, 0.2) is 36.4 Å². The minimum atomic E-state index is -0.414. The van der Waals surface area contributed by atoms with Gasteiger partial charge in [0, 0.05) is 6.07 Å². The van der Waals surface area contributed by atoms with E-state index in [1.54, 1.807) is 31.4 Å². The van der Waals surface area contributed by atoms with E-state index in [2.05, 4.69) is 6.07 Å². The second kappa shape index (κ2) is 4.54. The van der Waals surface area contributed by atoms with Gasteiger partial charge in [0.25, 0.3) is 0 Å². The molecule has 2 aromatic carbocycles. The van der Waals surface area contributed by atoms with Crippen molar-refractivity contribution in [1.82, 2.24) is 0 Å². The highest BCUT2D eigenvalue weighted by atomic mass is 35.5. The molecule has 0 aliphatic rings. The van der Waals surface area contributed by atoms with E-state index in [-0.39, 0.29) is 5.02 Å². The smallest absolute Gasteiger partial charge is 0.141 e. The van der Waals surface area contributed by atoms with Gasteiger partial charge in [0.05, 0.1) is 12.1 Å². The molecule has 0 bridgehead atoms. The maximum absolute atomic E-state index is 13.0. The highest BCUT2D eigenvalue weighted by Crippen LogP contribution is 2.26. The molecule has 0 spiro atoms. The van der Waals surface area contributed by atoms with Gasteiger partial charge in [-0.2, -0.15) is 0 Å². The van der Waals surface area contributed by atoms with Crippen LogP contribution in [-0.4, -0.2) is 7.11 Å². The Morgan fingerprint density at radius 3 is 2.50 bits per heavy atom. The van der Waals surface area contributed by atoms with Gasteiger partial charge in [0.1, 0.15) is 11.6 Å². The molecule has 2 aromatic rings. The number of hydrogen-bond donors (Lipinski definition) is 0. The van der Waals surface area contributed by atoms with Gasteiger partial charge in [-0.05, 0) is 35.4 Å². The number of ether oxygens (including phenoxy) is 1. The van der Waals surface area contributed by atoms with Crippen LogP contribution in [0.1, 0.15) is 0 Å². The molecule has 0 unspecified atom stereocenters. The standard InChI is InChI=1S/C13H9ClFO/c1-16-11-5-2-9(3-6-11)10-4-7-13(15)12(14)8-10/h2-5,7-8H,1H3. The lowest BCUT2D eigenvalue weighted by atomic mass is 10.1. The molecule has 16 heavy (non-hydrogen) atoms. The zero-order valence-electron chi connectivity index (χ0n) is 8.63. The predicted octanol–water partition coefficient (Wildman–Crippen LogP) is 3.95. The molecule has 0 fully saturated rings. The summed E-state index contributed by atoms with van der Waals surface area (Å²) in [4.78, 5) is 0. The van der Waals surface area contributed by atoms with Crippen molar-refractivity contribution in [3.05, 3.63) is 53.3 Å². The number of rotatable bonds is 2. The van der Waals surface area contributed by atoms with E-state index in [9.17, 15) is 4.39 Å². The molecule has 0 aromatic heterocycles. The summed E-state index contributed by atoms with van der Waals surface area (Å²) in [6, 6.07) is 13.0. The Hall–Kier alpha value is -1.54. The van der Waals surface area contributed by atoms with Crippen molar-refractivity contribution in [2.45, 2.75) is 0 Å². The van der Waals surface area contributed by atoms with Gasteiger partial charge in [0.15, 0.2) is 0 Å². The average Bonchev–Trinajstić information content (AvgIpc) is 2.33. The van der Waals surface area contributed by atoms with Crippen molar-refractivity contribution in [3.63, 3.8) is 0 Å². The van der Waals surface area contributed by atoms with Crippen LogP contribution in [0.5, 0.6) is 5.75 Å². The Morgan fingerprint density at radius 2 is 1.94 bits per heavy atom. The SMILES string of the molecule is COc1[c]cc(-c2ccc(F)c(Cl)c2)cc1. The number of hydrogen-bond acceptors (Lipinski definition) is 1. The second-order valence-corrected chi connectivity index (χ2v) is 3.68. The van der Waals surface area contributed by atoms with Gasteiger partial charge < -0.3 is 4.74 Å². The summed E-state index contributed by atoms with van der Waals surface area (Å²) in [6.45, 7) is 0. The van der Waals surface area contributed by atoms with Crippen molar-refractivity contribution >= 4 is 11.6 Å². The molecule has 0 heterocycles. The first-order valence-corrected chi connectivity index (χ1v) is 5.09. The molecule has 0 aliphatic carbocycles. The van der Waals surface area contributed by atoms with Crippen LogP contribution in [0.2, 0.25) is 5.02 Å². The van der Waals surface area contributed by atoms with Crippen molar-refractivity contribution in [1.29, 1.82) is 0 Å². The summed E-state index contributed by atoms with van der Waals surface area (Å²) in [7, 11) is 1.58. The Bertz CT molecular complexity index is 494. The second-order valence-electron chi connectivity index (χ2n) is 3.27. The molecule has 3 heteroatoms. The maximum Gasteiger partial charge on any atom is 0.141 e. The van der Waals surface area contributed by atoms with Crippen LogP contribution in [0.25, 0.3) is 11.1 Å². The van der Waals surface area contributed by atoms with Crippen LogP contribution in [0.4, 0.5) is 4.39 Å². The minimum Gasteiger partial charge on any atom is -0.496 e. The van der Waals surface area contributed by atoms with Gasteiger partial charge in [-0.15, -0.1) is 0 Å². The van der Waals surface area contributed by atoms with Gasteiger partial charge >= 0.3 is 0 Å². The zero-order valence-corrected chi connectivity index (χ0v) is 9.38. The van der Waals surface area contributed by atoms with Gasteiger partial charge in [-0.1, -0.05) is 23.7 Å². The van der Waals surface area contributed by atoms with E-state index >= 15 is 0 Å². The fourth-order valence-corrected chi connectivity index (χ4v) is 1.57. The first-order chi connectivity index (χ1) is 7.70. The first-order valence-electron chi connectivity index (χ1n) is 4.72. The topological polar surface area (TPSA) is 9.23 Å². The lowest BCUT2D eigenvalue weighted by molar-refractivity contribution is 0.414. The van der Waals surface area contributed by atoms with E-state index in [0.717, 1.165) is 11.1 Å². The highest BCUT2D eigenvalue weighted by molar-refractivity contribution is 6.31. The van der Waals surface area contributed by atoms with Crippen LogP contribution < -0.4 is 4.74 Å². The largest absolute Gasteiger partial charge is 0.496 e. The Kier molecular flexibility index (Phi) is 3.11. The highest BCUT2D eigenvalue weighted by Gasteiger charge is 2.03. The maximum atomic E-state index is 13.0. The number of methoxy groups -OCH3 is 1. The van der Waals surface area contributed by atoms with Crippen molar-refractivity contribution < 1.29 is 9.13 Å². The molecule has 0 aliphatic heterocycles. The van der Waals surface area contributed by atoms with Crippen molar-refractivity contribution in [2.24, 2.45) is 0 Å². The fraction of sp³-hybridized carbons (Fsp3) is 0.0769. The minimum absolute atomic E-state index is 0.119. The summed E-state index contributed by atoms with van der Waals surface area (Å²) in [5, 5.41) is 0.119. The molecule has 81 valence electrons. The first kappa shape index (κ1) is 11.0. The lowest BCUT2D eigenvalue weighted by Crippen LogP contribution is -1.84. The van der Waals surface area contributed by atoms with Crippen LogP contribution >= 0.6 is 11.6 Å². The third-order valence-electron chi connectivity index (χ3n) is 2.26. The van der Waals surface area contributed by atoms with E-state index in [1.807, 2.05) is 6.07 Å². The van der Waals surface area contributed by atoms with E-state index in [1.165, 1.54) is 6.07 Å². The predicted molar refractivity (Wildman–Crippen MR) is 62.2 cm³/mol. The molecule has 1 nitrogen and oxygen atoms in total. The Morgan fingerprint density at radius 1 is 1.19 bits per heavy atom. The molecule has 0 saturated heterocycles. The molecule has 0 amide bonds. The summed E-state index contributed by atoms with van der Waals surface area (Å²) >= 11 is 5.71. The molecular weight excluding hydrogens is 227 g/mol. The summed E-state index contributed by atoms with van der Waals surface area (Å²) in [5.74, 6) is 0.250. The zero-order chi connectivity index (χ0) is 11.5. The van der Waals surface area contributed by atoms with Crippen LogP contribution in [0.3, 0.4) is 0 Å². The Labute approximate surface area is 98.4 Å². The fourth-order valence-electron chi connectivity index (χ4n) is 1.39. The van der Waals surface area contributed by atoms with E-state index in [4.69, 9.17) is 16.3 Å². The summed E-state index contributed by atoms with van der Waals surface area (Å²) in [5.41, 5.74) is 1.77. The van der Waals surface area contributed by atoms with Gasteiger partial charge in [0.2, 0.25) is 0 Å². The normalized spacial score (nSPS) is 10.2. The van der Waals surface area contributed by atoms with Gasteiger partial charge in [-0.25, -0.2) is 4.39 Å². The lowest BCUT2D eigenvalue weighted by Gasteiger charge is -2.04. The van der Waals surface area contributed by atoms with Crippen molar-refractivity contribution in [3.8, 4) is 16.9 Å². The molecule has 2 rings (SSSR count). The molecular formula is C13H9ClFO. The third kappa shape index (κ3) is 2.17. The number of halogens is 2. The van der Waals surface area contributed by atoms with E-state index < -0.39 is 5.82 Å². The molecule has 1 radical (unpaired) electrons. The number of benzene rings is 2. The summed E-state index contributed by atoms with van der Waals surface area (Å²) in [6.07, 6.45) is 0. The van der Waals surface area contributed by atoms with E-state index in [0.29, 0.717) is 5.75 Å². The molecule has 0 saturated carbocycles. The summed E-state index contributed by atoms with van der Waals surface area (Å²) < 4.78 is 18.0. The molecule has 0 N–H and O–H groups in total. The third-order valence-corrected chi connectivity index (χ3v) is 2.55. The van der Waals surface area contributed by atoms with Gasteiger partial charge in [-0.3, -0.25) is 0 Å². The molecule has 0 atom stereocenters. The quantitative estimate of drug-likeness (QED) is 0.766. The van der Waals surface area contributed by atoms with Crippen molar-refractivity contribution in [2.75, 3.05) is 7.11 Å². The monoisotopic (exact) mass is 235 g/mol. The Balaban J connectivity index is 2.38. The van der Waals surface area contributed by atoms with Crippen LogP contribution in [-0.2, 0) is 0 Å². The average molecular weight is 236 g/mol. The van der Waals surface area contributed by atoms with Crippen LogP contribution in [0, 0.1) is 11.9 Å².